The van der Waals surface area contributed by atoms with Gasteiger partial charge in [0.1, 0.15) is 0 Å². The number of esters is 1. The number of aliphatic hydroxyl groups is 2. The summed E-state index contributed by atoms with van der Waals surface area (Å²) in [7, 11) is 0. The second-order valence-electron chi connectivity index (χ2n) is 19.3. The minimum Gasteiger partial charge on any atom is -0.466 e. The van der Waals surface area contributed by atoms with Crippen LogP contribution in [0.2, 0.25) is 0 Å². The number of unbranched alkanes of at least 4 members (excludes halogenated alkanes) is 35. The largest absolute Gasteiger partial charge is 0.466 e. The van der Waals surface area contributed by atoms with E-state index in [4.69, 9.17) is 4.74 Å². The normalized spacial score (nSPS) is 12.9. The van der Waals surface area contributed by atoms with Crippen LogP contribution in [0.4, 0.5) is 0 Å². The van der Waals surface area contributed by atoms with E-state index in [0.29, 0.717) is 32.3 Å². The van der Waals surface area contributed by atoms with Gasteiger partial charge in [-0.2, -0.15) is 0 Å². The maximum atomic E-state index is 12.4. The summed E-state index contributed by atoms with van der Waals surface area (Å²) >= 11 is 0. The Kier molecular flexibility index (Phi) is 52.1. The molecule has 3 N–H and O–H groups in total. The zero-order chi connectivity index (χ0) is 46.5. The average Bonchev–Trinajstić information content (AvgIpc) is 3.29. The highest BCUT2D eigenvalue weighted by atomic mass is 16.5. The molecule has 0 heterocycles. The van der Waals surface area contributed by atoms with Gasteiger partial charge in [-0.15, -0.1) is 0 Å². The topological polar surface area (TPSA) is 95.9 Å². The van der Waals surface area contributed by atoms with Crippen LogP contribution in [0.3, 0.4) is 0 Å². The van der Waals surface area contributed by atoms with Crippen molar-refractivity contribution < 1.29 is 24.5 Å². The predicted octanol–water partition coefficient (Wildman–Crippen LogP) is 17.2. The Morgan fingerprint density at radius 2 is 0.797 bits per heavy atom. The van der Waals surface area contributed by atoms with Gasteiger partial charge in [-0.1, -0.05) is 249 Å². The van der Waals surface area contributed by atoms with Gasteiger partial charge >= 0.3 is 5.97 Å². The third-order valence-electron chi connectivity index (χ3n) is 12.9. The van der Waals surface area contributed by atoms with Crippen molar-refractivity contribution in [2.45, 2.75) is 309 Å². The van der Waals surface area contributed by atoms with Gasteiger partial charge in [0, 0.05) is 12.8 Å². The molecule has 0 aliphatic rings. The smallest absolute Gasteiger partial charge is 0.305 e. The molecule has 0 radical (unpaired) electrons. The molecular formula is C58H109NO5. The van der Waals surface area contributed by atoms with Crippen LogP contribution >= 0.6 is 0 Å². The fourth-order valence-electron chi connectivity index (χ4n) is 8.57. The zero-order valence-corrected chi connectivity index (χ0v) is 42.8. The zero-order valence-electron chi connectivity index (χ0n) is 42.8. The molecule has 0 saturated heterocycles. The lowest BCUT2D eigenvalue weighted by atomic mass is 10.0. The first kappa shape index (κ1) is 62.1. The number of ether oxygens (including phenoxy) is 1. The van der Waals surface area contributed by atoms with E-state index in [1.807, 2.05) is 6.08 Å². The molecular weight excluding hydrogens is 791 g/mol. The van der Waals surface area contributed by atoms with E-state index in [-0.39, 0.29) is 18.5 Å². The molecule has 0 aromatic heterocycles. The number of aliphatic hydroxyl groups excluding tert-OH is 2. The summed E-state index contributed by atoms with van der Waals surface area (Å²) in [5, 5.41) is 23.2. The van der Waals surface area contributed by atoms with Crippen molar-refractivity contribution in [2.75, 3.05) is 13.2 Å². The lowest BCUT2D eigenvalue weighted by molar-refractivity contribution is -0.143. The van der Waals surface area contributed by atoms with E-state index in [9.17, 15) is 19.8 Å². The molecule has 0 aromatic carbocycles. The first-order chi connectivity index (χ1) is 31.5. The number of hydrogen-bond acceptors (Lipinski definition) is 5. The first-order valence-electron chi connectivity index (χ1n) is 28.2. The van der Waals surface area contributed by atoms with Crippen LogP contribution in [-0.2, 0) is 14.3 Å². The number of amides is 1. The molecule has 0 aliphatic heterocycles. The maximum absolute atomic E-state index is 12.4. The molecule has 6 heteroatoms. The Labute approximate surface area is 398 Å². The van der Waals surface area contributed by atoms with Crippen molar-refractivity contribution in [3.8, 4) is 0 Å². The summed E-state index contributed by atoms with van der Waals surface area (Å²) in [4.78, 5) is 24.5. The molecule has 0 aromatic rings. The summed E-state index contributed by atoms with van der Waals surface area (Å²) in [5.41, 5.74) is 0. The fourth-order valence-corrected chi connectivity index (χ4v) is 8.57. The molecule has 0 bridgehead atoms. The summed E-state index contributed by atoms with van der Waals surface area (Å²) < 4.78 is 5.47. The molecule has 2 atom stereocenters. The molecule has 376 valence electrons. The van der Waals surface area contributed by atoms with Gasteiger partial charge in [0.05, 0.1) is 25.4 Å². The van der Waals surface area contributed by atoms with Gasteiger partial charge in [0.15, 0.2) is 0 Å². The number of hydrogen-bond donors (Lipinski definition) is 3. The van der Waals surface area contributed by atoms with Gasteiger partial charge in [-0.3, -0.25) is 9.59 Å². The quantitative estimate of drug-likeness (QED) is 0.0321. The number of rotatable bonds is 52. The summed E-state index contributed by atoms with van der Waals surface area (Å²) in [6.45, 7) is 4.89. The SMILES string of the molecule is CCCCCCCCC/C=C\CCCCCCCCCC(=O)OCCCCCCCC/C=C\C/C=C\CCC(=O)NC(CO)C(O)CCCCCCCCCCCCCCCCCC. The predicted molar refractivity (Wildman–Crippen MR) is 278 cm³/mol. The third-order valence-corrected chi connectivity index (χ3v) is 12.9. The van der Waals surface area contributed by atoms with Crippen molar-refractivity contribution in [1.29, 1.82) is 0 Å². The van der Waals surface area contributed by atoms with Gasteiger partial charge in [-0.25, -0.2) is 0 Å². The molecule has 1 amide bonds. The average molecular weight is 901 g/mol. The first-order valence-corrected chi connectivity index (χ1v) is 28.2. The van der Waals surface area contributed by atoms with Crippen LogP contribution in [0, 0.1) is 0 Å². The molecule has 0 aliphatic carbocycles. The van der Waals surface area contributed by atoms with Crippen molar-refractivity contribution in [3.05, 3.63) is 36.5 Å². The Hall–Kier alpha value is -1.92. The molecule has 0 saturated carbocycles. The highest BCUT2D eigenvalue weighted by molar-refractivity contribution is 5.76. The number of carbonyl (C=O) groups is 2. The highest BCUT2D eigenvalue weighted by Gasteiger charge is 2.19. The van der Waals surface area contributed by atoms with Gasteiger partial charge < -0.3 is 20.3 Å². The summed E-state index contributed by atoms with van der Waals surface area (Å²) in [6.07, 6.45) is 65.7. The van der Waals surface area contributed by atoms with Crippen LogP contribution < -0.4 is 5.32 Å². The van der Waals surface area contributed by atoms with Crippen LogP contribution in [0.25, 0.3) is 0 Å². The van der Waals surface area contributed by atoms with E-state index in [0.717, 1.165) is 51.4 Å². The minimum absolute atomic E-state index is 0.0199. The van der Waals surface area contributed by atoms with Crippen LogP contribution in [0.15, 0.2) is 36.5 Å². The molecule has 6 nitrogen and oxygen atoms in total. The van der Waals surface area contributed by atoms with Crippen LogP contribution in [0.5, 0.6) is 0 Å². The Bertz CT molecular complexity index is 1040. The monoisotopic (exact) mass is 900 g/mol. The van der Waals surface area contributed by atoms with Crippen molar-refractivity contribution in [2.24, 2.45) is 0 Å². The number of carbonyl (C=O) groups excluding carboxylic acids is 2. The molecule has 0 spiro atoms. The fraction of sp³-hybridized carbons (Fsp3) is 0.862. The molecule has 2 unspecified atom stereocenters. The van der Waals surface area contributed by atoms with Gasteiger partial charge in [0.25, 0.3) is 0 Å². The Balaban J connectivity index is 3.53. The lowest BCUT2D eigenvalue weighted by Crippen LogP contribution is -2.45. The molecule has 0 rings (SSSR count). The van der Waals surface area contributed by atoms with Crippen molar-refractivity contribution >= 4 is 11.9 Å². The van der Waals surface area contributed by atoms with E-state index < -0.39 is 12.1 Å². The summed E-state index contributed by atoms with van der Waals surface area (Å²) in [6, 6.07) is -0.586. The number of allylic oxidation sites excluding steroid dienone is 6. The minimum atomic E-state index is -0.699. The van der Waals surface area contributed by atoms with Crippen molar-refractivity contribution in [3.63, 3.8) is 0 Å². The Morgan fingerprint density at radius 3 is 1.23 bits per heavy atom. The molecule has 64 heavy (non-hydrogen) atoms. The van der Waals surface area contributed by atoms with Gasteiger partial charge in [-0.05, 0) is 70.6 Å². The standard InChI is InChI=1S/C58H109NO5/c1-3-5-7-9-11-13-15-17-19-21-22-24-28-32-36-40-44-48-52-58(63)64-53-49-45-41-37-33-29-25-27-31-35-39-43-47-51-57(62)59-55(54-60)56(61)50-46-42-38-34-30-26-23-20-18-16-14-12-10-8-6-4-2/h19,21,27,31,39,43,55-56,60-61H,3-18,20,22-26,28-30,32-38,40-42,44-54H2,1-2H3,(H,59,62)/b21-19-,31-27-,43-39-. The maximum Gasteiger partial charge on any atom is 0.305 e. The number of nitrogens with one attached hydrogen (secondary N) is 1. The van der Waals surface area contributed by atoms with Crippen molar-refractivity contribution in [1.82, 2.24) is 5.32 Å². The van der Waals surface area contributed by atoms with Crippen LogP contribution in [0.1, 0.15) is 296 Å². The Morgan fingerprint density at radius 1 is 0.438 bits per heavy atom. The second kappa shape index (κ2) is 53.7. The van der Waals surface area contributed by atoms with E-state index in [1.54, 1.807) is 0 Å². The van der Waals surface area contributed by atoms with Gasteiger partial charge in [0.2, 0.25) is 5.91 Å². The van der Waals surface area contributed by atoms with E-state index in [2.05, 4.69) is 49.5 Å². The van der Waals surface area contributed by atoms with Crippen LogP contribution in [-0.4, -0.2) is 47.4 Å². The highest BCUT2D eigenvalue weighted by Crippen LogP contribution is 2.16. The second-order valence-corrected chi connectivity index (χ2v) is 19.3. The summed E-state index contributed by atoms with van der Waals surface area (Å²) in [5.74, 6) is -0.135. The van der Waals surface area contributed by atoms with E-state index >= 15 is 0 Å². The van der Waals surface area contributed by atoms with E-state index in [1.165, 1.54) is 205 Å². The molecule has 0 fully saturated rings. The lowest BCUT2D eigenvalue weighted by Gasteiger charge is -2.22. The third kappa shape index (κ3) is 49.5.